The van der Waals surface area contributed by atoms with Crippen LogP contribution in [0.5, 0.6) is 0 Å². The molecule has 3 nitrogen and oxygen atoms in total. The van der Waals surface area contributed by atoms with Crippen molar-refractivity contribution in [1.82, 2.24) is 5.32 Å². The minimum atomic E-state index is 0.141. The standard InChI is InChI=1S/C19H24N2O/c1-21(2)19-16(13-15-7-4-3-5-8-15)9-6-10-17(19)18-14-20-11-12-22-18/h3-10,18,20H,11-14H2,1-2H3. The number of para-hydroxylation sites is 1. The Morgan fingerprint density at radius 3 is 2.59 bits per heavy atom. The lowest BCUT2D eigenvalue weighted by atomic mass is 9.96. The second-order valence-electron chi connectivity index (χ2n) is 5.98. The summed E-state index contributed by atoms with van der Waals surface area (Å²) in [5.74, 6) is 0. The maximum atomic E-state index is 5.97. The molecule has 1 unspecified atom stereocenters. The summed E-state index contributed by atoms with van der Waals surface area (Å²) in [6.07, 6.45) is 1.09. The van der Waals surface area contributed by atoms with E-state index in [-0.39, 0.29) is 6.10 Å². The molecule has 2 aromatic carbocycles. The third kappa shape index (κ3) is 3.32. The summed E-state index contributed by atoms with van der Waals surface area (Å²) in [6, 6.07) is 17.2. The summed E-state index contributed by atoms with van der Waals surface area (Å²) in [7, 11) is 4.23. The van der Waals surface area contributed by atoms with E-state index in [0.717, 1.165) is 26.1 Å². The Labute approximate surface area is 132 Å². The summed E-state index contributed by atoms with van der Waals surface area (Å²) in [4.78, 5) is 2.21. The van der Waals surface area contributed by atoms with Crippen LogP contribution in [0.15, 0.2) is 48.5 Å². The third-order valence-corrected chi connectivity index (χ3v) is 4.11. The predicted octanol–water partition coefficient (Wildman–Crippen LogP) is 3.00. The molecule has 0 aromatic heterocycles. The molecular weight excluding hydrogens is 272 g/mol. The van der Waals surface area contributed by atoms with Crippen LogP contribution in [-0.2, 0) is 11.2 Å². The fourth-order valence-corrected chi connectivity index (χ4v) is 3.14. The van der Waals surface area contributed by atoms with Gasteiger partial charge in [-0.25, -0.2) is 0 Å². The first-order valence-electron chi connectivity index (χ1n) is 7.91. The van der Waals surface area contributed by atoms with Crippen LogP contribution in [-0.4, -0.2) is 33.8 Å². The summed E-state index contributed by atoms with van der Waals surface area (Å²) >= 11 is 0. The number of morpholine rings is 1. The molecule has 3 rings (SSSR count). The first-order chi connectivity index (χ1) is 10.8. The first-order valence-corrected chi connectivity index (χ1v) is 7.91. The van der Waals surface area contributed by atoms with Gasteiger partial charge in [0.2, 0.25) is 0 Å². The average Bonchev–Trinajstić information content (AvgIpc) is 2.56. The van der Waals surface area contributed by atoms with Gasteiger partial charge in [0.15, 0.2) is 0 Å². The maximum Gasteiger partial charge on any atom is 0.0969 e. The van der Waals surface area contributed by atoms with Gasteiger partial charge in [0.25, 0.3) is 0 Å². The molecule has 1 aliphatic heterocycles. The van der Waals surface area contributed by atoms with Crippen molar-refractivity contribution in [3.63, 3.8) is 0 Å². The van der Waals surface area contributed by atoms with E-state index in [9.17, 15) is 0 Å². The highest BCUT2D eigenvalue weighted by molar-refractivity contribution is 5.61. The van der Waals surface area contributed by atoms with E-state index in [4.69, 9.17) is 4.74 Å². The lowest BCUT2D eigenvalue weighted by Crippen LogP contribution is -2.34. The molecule has 0 aliphatic carbocycles. The maximum absolute atomic E-state index is 5.97. The highest BCUT2D eigenvalue weighted by Gasteiger charge is 2.21. The van der Waals surface area contributed by atoms with Crippen LogP contribution in [0.25, 0.3) is 0 Å². The zero-order valence-electron chi connectivity index (χ0n) is 13.4. The molecule has 22 heavy (non-hydrogen) atoms. The number of anilines is 1. The molecular formula is C19H24N2O. The zero-order valence-corrected chi connectivity index (χ0v) is 13.4. The normalized spacial score (nSPS) is 18.2. The molecule has 1 fully saturated rings. The van der Waals surface area contributed by atoms with Gasteiger partial charge in [0, 0.05) is 38.4 Å². The van der Waals surface area contributed by atoms with Crippen LogP contribution in [0.3, 0.4) is 0 Å². The topological polar surface area (TPSA) is 24.5 Å². The average molecular weight is 296 g/mol. The van der Waals surface area contributed by atoms with E-state index in [1.807, 2.05) is 0 Å². The van der Waals surface area contributed by atoms with Crippen LogP contribution in [0, 0.1) is 0 Å². The van der Waals surface area contributed by atoms with Crippen molar-refractivity contribution in [2.24, 2.45) is 0 Å². The molecule has 0 saturated carbocycles. The molecule has 0 spiro atoms. The number of benzene rings is 2. The molecule has 1 heterocycles. The second-order valence-corrected chi connectivity index (χ2v) is 5.98. The van der Waals surface area contributed by atoms with Crippen molar-refractivity contribution in [2.45, 2.75) is 12.5 Å². The molecule has 0 bridgehead atoms. The summed E-state index contributed by atoms with van der Waals surface area (Å²) in [5, 5.41) is 3.43. The SMILES string of the molecule is CN(C)c1c(Cc2ccccc2)cccc1C1CNCCO1. The van der Waals surface area contributed by atoms with E-state index in [1.54, 1.807) is 0 Å². The molecule has 1 saturated heterocycles. The van der Waals surface area contributed by atoms with Gasteiger partial charge in [0.1, 0.15) is 0 Å². The fraction of sp³-hybridized carbons (Fsp3) is 0.368. The lowest BCUT2D eigenvalue weighted by Gasteiger charge is -2.29. The van der Waals surface area contributed by atoms with Gasteiger partial charge >= 0.3 is 0 Å². The van der Waals surface area contributed by atoms with E-state index >= 15 is 0 Å². The van der Waals surface area contributed by atoms with Crippen molar-refractivity contribution in [2.75, 3.05) is 38.7 Å². The highest BCUT2D eigenvalue weighted by atomic mass is 16.5. The van der Waals surface area contributed by atoms with Crippen LogP contribution >= 0.6 is 0 Å². The van der Waals surface area contributed by atoms with E-state index in [2.05, 4.69) is 72.8 Å². The summed E-state index contributed by atoms with van der Waals surface area (Å²) in [5.41, 5.74) is 5.26. The van der Waals surface area contributed by atoms with Gasteiger partial charge in [-0.2, -0.15) is 0 Å². The third-order valence-electron chi connectivity index (χ3n) is 4.11. The molecule has 116 valence electrons. The van der Waals surface area contributed by atoms with Crippen molar-refractivity contribution >= 4 is 5.69 Å². The van der Waals surface area contributed by atoms with Gasteiger partial charge in [-0.05, 0) is 17.5 Å². The Morgan fingerprint density at radius 1 is 1.09 bits per heavy atom. The number of hydrogen-bond acceptors (Lipinski definition) is 3. The predicted molar refractivity (Wildman–Crippen MR) is 91.6 cm³/mol. The second kappa shape index (κ2) is 6.95. The summed E-state index contributed by atoms with van der Waals surface area (Å²) < 4.78 is 5.97. The lowest BCUT2D eigenvalue weighted by molar-refractivity contribution is 0.0280. The highest BCUT2D eigenvalue weighted by Crippen LogP contribution is 2.32. The van der Waals surface area contributed by atoms with Crippen molar-refractivity contribution in [3.8, 4) is 0 Å². The summed E-state index contributed by atoms with van der Waals surface area (Å²) in [6.45, 7) is 2.60. The number of hydrogen-bond donors (Lipinski definition) is 1. The van der Waals surface area contributed by atoms with Gasteiger partial charge in [-0.1, -0.05) is 48.5 Å². The number of rotatable bonds is 4. The Kier molecular flexibility index (Phi) is 4.76. The Morgan fingerprint density at radius 2 is 1.91 bits per heavy atom. The largest absolute Gasteiger partial charge is 0.377 e. The van der Waals surface area contributed by atoms with Gasteiger partial charge in [-0.15, -0.1) is 0 Å². The number of ether oxygens (including phenoxy) is 1. The monoisotopic (exact) mass is 296 g/mol. The minimum absolute atomic E-state index is 0.141. The molecule has 1 atom stereocenters. The Balaban J connectivity index is 1.95. The molecule has 0 amide bonds. The first kappa shape index (κ1) is 15.1. The molecule has 3 heteroatoms. The molecule has 0 radical (unpaired) electrons. The van der Waals surface area contributed by atoms with Crippen LogP contribution in [0.4, 0.5) is 5.69 Å². The van der Waals surface area contributed by atoms with E-state index < -0.39 is 0 Å². The molecule has 2 aromatic rings. The zero-order chi connectivity index (χ0) is 15.4. The van der Waals surface area contributed by atoms with Gasteiger partial charge in [0.05, 0.1) is 12.7 Å². The van der Waals surface area contributed by atoms with Crippen molar-refractivity contribution in [3.05, 3.63) is 65.2 Å². The Hall–Kier alpha value is -1.84. The van der Waals surface area contributed by atoms with Crippen molar-refractivity contribution in [1.29, 1.82) is 0 Å². The van der Waals surface area contributed by atoms with E-state index in [1.165, 1.54) is 22.4 Å². The quantitative estimate of drug-likeness (QED) is 0.938. The molecule has 1 N–H and O–H groups in total. The van der Waals surface area contributed by atoms with Crippen LogP contribution < -0.4 is 10.2 Å². The smallest absolute Gasteiger partial charge is 0.0969 e. The fourth-order valence-electron chi connectivity index (χ4n) is 3.14. The Bertz CT molecular complexity index is 604. The number of nitrogens with one attached hydrogen (secondary N) is 1. The van der Waals surface area contributed by atoms with E-state index in [0.29, 0.717) is 0 Å². The molecule has 1 aliphatic rings. The van der Waals surface area contributed by atoms with Crippen molar-refractivity contribution < 1.29 is 4.74 Å². The van der Waals surface area contributed by atoms with Gasteiger partial charge < -0.3 is 15.0 Å². The number of nitrogens with zero attached hydrogens (tertiary/aromatic N) is 1. The van der Waals surface area contributed by atoms with Gasteiger partial charge in [-0.3, -0.25) is 0 Å². The van der Waals surface area contributed by atoms with Crippen LogP contribution in [0.1, 0.15) is 22.8 Å². The van der Waals surface area contributed by atoms with Crippen LogP contribution in [0.2, 0.25) is 0 Å². The minimum Gasteiger partial charge on any atom is -0.377 e.